The molecule has 1 N–H and O–H groups in total. The highest BCUT2D eigenvalue weighted by Gasteiger charge is 2.26. The monoisotopic (exact) mass is 343 g/mol. The van der Waals surface area contributed by atoms with Crippen molar-refractivity contribution in [2.24, 2.45) is 0 Å². The zero-order valence-corrected chi connectivity index (χ0v) is 14.1. The minimum atomic E-state index is -3.20. The van der Waals surface area contributed by atoms with Crippen molar-refractivity contribution in [3.63, 3.8) is 0 Å². The van der Waals surface area contributed by atoms with E-state index in [2.05, 4.69) is 5.32 Å². The van der Waals surface area contributed by atoms with Gasteiger partial charge in [0.15, 0.2) is 0 Å². The number of carbonyl (C=O) groups is 1. The number of halogens is 1. The highest BCUT2D eigenvalue weighted by Crippen LogP contribution is 2.15. The summed E-state index contributed by atoms with van der Waals surface area (Å²) >= 11 is 0. The van der Waals surface area contributed by atoms with E-state index in [9.17, 15) is 17.6 Å². The van der Waals surface area contributed by atoms with Crippen LogP contribution in [0.4, 0.5) is 4.39 Å². The van der Waals surface area contributed by atoms with Gasteiger partial charge in [-0.2, -0.15) is 4.31 Å². The highest BCUT2D eigenvalue weighted by atomic mass is 32.2. The van der Waals surface area contributed by atoms with Crippen LogP contribution in [-0.4, -0.2) is 62.5 Å². The van der Waals surface area contributed by atoms with Gasteiger partial charge >= 0.3 is 0 Å². The molecule has 0 aromatic heterocycles. The van der Waals surface area contributed by atoms with E-state index in [0.29, 0.717) is 31.7 Å². The quantitative estimate of drug-likeness (QED) is 0.849. The molecule has 1 fully saturated rings. The molecule has 6 nitrogen and oxygen atoms in total. The lowest BCUT2D eigenvalue weighted by atomic mass is 10.1. The highest BCUT2D eigenvalue weighted by molar-refractivity contribution is 7.88. The Morgan fingerprint density at radius 1 is 1.26 bits per heavy atom. The van der Waals surface area contributed by atoms with Gasteiger partial charge in [0.1, 0.15) is 5.82 Å². The van der Waals surface area contributed by atoms with E-state index in [1.165, 1.54) is 16.6 Å². The third-order valence-corrected chi connectivity index (χ3v) is 5.29. The average Bonchev–Trinajstić information content (AvgIpc) is 2.52. The Kier molecular flexibility index (Phi) is 5.72. The van der Waals surface area contributed by atoms with E-state index in [-0.39, 0.29) is 24.3 Å². The van der Waals surface area contributed by atoms with Crippen LogP contribution in [0.3, 0.4) is 0 Å². The van der Waals surface area contributed by atoms with Crippen LogP contribution >= 0.6 is 0 Å². The van der Waals surface area contributed by atoms with Crippen LogP contribution in [0.1, 0.15) is 18.5 Å². The van der Waals surface area contributed by atoms with Crippen molar-refractivity contribution in [1.82, 2.24) is 14.5 Å². The molecule has 1 amide bonds. The molecule has 8 heteroatoms. The molecule has 0 spiro atoms. The molecule has 1 aliphatic heterocycles. The van der Waals surface area contributed by atoms with Crippen LogP contribution in [0.25, 0.3) is 0 Å². The van der Waals surface area contributed by atoms with Gasteiger partial charge in [-0.15, -0.1) is 0 Å². The first-order valence-corrected chi connectivity index (χ1v) is 9.34. The van der Waals surface area contributed by atoms with Gasteiger partial charge in [0, 0.05) is 37.8 Å². The second-order valence-electron chi connectivity index (χ2n) is 5.67. The van der Waals surface area contributed by atoms with Gasteiger partial charge in [-0.3, -0.25) is 4.79 Å². The van der Waals surface area contributed by atoms with Crippen molar-refractivity contribution in [3.8, 4) is 0 Å². The number of hydrogen-bond acceptors (Lipinski definition) is 4. The number of sulfonamides is 1. The zero-order chi connectivity index (χ0) is 17.0. The predicted octanol–water partition coefficient (Wildman–Crippen LogP) is 0.580. The van der Waals surface area contributed by atoms with Gasteiger partial charge < -0.3 is 10.2 Å². The number of amides is 1. The lowest BCUT2D eigenvalue weighted by molar-refractivity contribution is -0.131. The molecule has 0 radical (unpaired) electrons. The predicted molar refractivity (Wildman–Crippen MR) is 85.8 cm³/mol. The Labute approximate surface area is 136 Å². The van der Waals surface area contributed by atoms with Crippen molar-refractivity contribution >= 4 is 15.9 Å². The summed E-state index contributed by atoms with van der Waals surface area (Å²) < 4.78 is 37.9. The number of benzene rings is 1. The van der Waals surface area contributed by atoms with Gasteiger partial charge in [0.05, 0.1) is 12.8 Å². The van der Waals surface area contributed by atoms with Crippen molar-refractivity contribution in [2.75, 3.05) is 39.0 Å². The van der Waals surface area contributed by atoms with Gasteiger partial charge in [-0.1, -0.05) is 18.2 Å². The summed E-state index contributed by atoms with van der Waals surface area (Å²) in [7, 11) is -3.20. The Balaban J connectivity index is 1.83. The van der Waals surface area contributed by atoms with Crippen LogP contribution in [0.15, 0.2) is 24.3 Å². The Bertz CT molecular complexity index is 658. The van der Waals surface area contributed by atoms with E-state index in [1.807, 2.05) is 0 Å². The van der Waals surface area contributed by atoms with Gasteiger partial charge in [-0.05, 0) is 13.0 Å². The van der Waals surface area contributed by atoms with Gasteiger partial charge in [-0.25, -0.2) is 12.8 Å². The minimum absolute atomic E-state index is 0.0916. The fraction of sp³-hybridized carbons (Fsp3) is 0.533. The summed E-state index contributed by atoms with van der Waals surface area (Å²) in [6.45, 7) is 3.27. The largest absolute Gasteiger partial charge is 0.339 e. The van der Waals surface area contributed by atoms with Gasteiger partial charge in [0.25, 0.3) is 0 Å². The molecular formula is C15H22FN3O3S. The molecule has 23 heavy (non-hydrogen) atoms. The first-order chi connectivity index (χ1) is 10.8. The third kappa shape index (κ3) is 4.73. The van der Waals surface area contributed by atoms with E-state index < -0.39 is 10.0 Å². The Hall–Kier alpha value is -1.51. The van der Waals surface area contributed by atoms with Crippen LogP contribution in [0.2, 0.25) is 0 Å². The molecule has 2 rings (SSSR count). The maximum Gasteiger partial charge on any atom is 0.236 e. The molecule has 1 aromatic carbocycles. The summed E-state index contributed by atoms with van der Waals surface area (Å²) in [5, 5.41) is 3.02. The van der Waals surface area contributed by atoms with Crippen LogP contribution in [0, 0.1) is 5.82 Å². The Morgan fingerprint density at radius 3 is 2.43 bits per heavy atom. The number of piperazine rings is 1. The van der Waals surface area contributed by atoms with Crippen molar-refractivity contribution in [1.29, 1.82) is 0 Å². The molecule has 0 unspecified atom stereocenters. The normalized spacial score (nSPS) is 18.0. The molecule has 1 atom stereocenters. The third-order valence-electron chi connectivity index (χ3n) is 3.99. The maximum atomic E-state index is 13.7. The number of nitrogens with one attached hydrogen (secondary N) is 1. The lowest BCUT2D eigenvalue weighted by Crippen LogP contribution is -2.52. The van der Waals surface area contributed by atoms with E-state index in [4.69, 9.17) is 0 Å². The van der Waals surface area contributed by atoms with Crippen molar-refractivity contribution in [2.45, 2.75) is 13.0 Å². The number of rotatable bonds is 5. The van der Waals surface area contributed by atoms with Crippen LogP contribution < -0.4 is 5.32 Å². The van der Waals surface area contributed by atoms with Crippen molar-refractivity contribution < 1.29 is 17.6 Å². The average molecular weight is 343 g/mol. The van der Waals surface area contributed by atoms with Crippen molar-refractivity contribution in [3.05, 3.63) is 35.6 Å². The van der Waals surface area contributed by atoms with Crippen LogP contribution in [-0.2, 0) is 14.8 Å². The van der Waals surface area contributed by atoms with E-state index >= 15 is 0 Å². The summed E-state index contributed by atoms with van der Waals surface area (Å²) in [5.74, 6) is -0.414. The molecule has 0 saturated carbocycles. The maximum absolute atomic E-state index is 13.7. The summed E-state index contributed by atoms with van der Waals surface area (Å²) in [6.07, 6.45) is 1.17. The molecular weight excluding hydrogens is 321 g/mol. The topological polar surface area (TPSA) is 69.7 Å². The summed E-state index contributed by atoms with van der Waals surface area (Å²) in [4.78, 5) is 13.8. The molecule has 0 bridgehead atoms. The van der Waals surface area contributed by atoms with Crippen LogP contribution in [0.5, 0.6) is 0 Å². The Morgan fingerprint density at radius 2 is 1.87 bits per heavy atom. The number of nitrogens with zero attached hydrogens (tertiary/aromatic N) is 2. The number of hydrogen-bond donors (Lipinski definition) is 1. The minimum Gasteiger partial charge on any atom is -0.339 e. The lowest BCUT2D eigenvalue weighted by Gasteiger charge is -2.33. The smallest absolute Gasteiger partial charge is 0.236 e. The second kappa shape index (κ2) is 7.37. The summed E-state index contributed by atoms with van der Waals surface area (Å²) in [5.41, 5.74) is 0.516. The first-order valence-electron chi connectivity index (χ1n) is 7.49. The zero-order valence-electron chi connectivity index (χ0n) is 13.3. The number of carbonyl (C=O) groups excluding carboxylic acids is 1. The molecule has 1 heterocycles. The standard InChI is InChI=1S/C15H22FN3O3S/c1-12(13-5-3-4-6-14(13)16)17-11-15(20)18-7-9-19(10-8-18)23(2,21)22/h3-6,12,17H,7-11H2,1-2H3/t12-/m1/s1. The van der Waals surface area contributed by atoms with Gasteiger partial charge in [0.2, 0.25) is 15.9 Å². The fourth-order valence-electron chi connectivity index (χ4n) is 2.56. The second-order valence-corrected chi connectivity index (χ2v) is 7.65. The van der Waals surface area contributed by atoms with E-state index in [1.54, 1.807) is 30.0 Å². The first kappa shape index (κ1) is 17.8. The SMILES string of the molecule is C[C@@H](NCC(=O)N1CCN(S(C)(=O)=O)CC1)c1ccccc1F. The fourth-order valence-corrected chi connectivity index (χ4v) is 3.38. The molecule has 128 valence electrons. The van der Waals surface area contributed by atoms with E-state index in [0.717, 1.165) is 0 Å². The summed E-state index contributed by atoms with van der Waals surface area (Å²) in [6, 6.07) is 6.17. The molecule has 0 aliphatic carbocycles. The molecule has 1 aromatic rings. The molecule has 1 saturated heterocycles. The molecule has 1 aliphatic rings.